The molecular formula is C15H21N3OS. The lowest BCUT2D eigenvalue weighted by Gasteiger charge is -2.29. The Bertz CT molecular complexity index is 533. The van der Waals surface area contributed by atoms with Crippen LogP contribution in [0.25, 0.3) is 0 Å². The summed E-state index contributed by atoms with van der Waals surface area (Å²) in [5, 5.41) is 3.12. The van der Waals surface area contributed by atoms with E-state index in [1.807, 2.05) is 13.0 Å². The second-order valence-corrected chi connectivity index (χ2v) is 6.23. The SMILES string of the molecule is Cc1cc(C(=O)NC2CCN(C)CC2)sc1C#CCN. The molecular weight excluding hydrogens is 270 g/mol. The van der Waals surface area contributed by atoms with Gasteiger partial charge in [0.1, 0.15) is 0 Å². The first-order valence-corrected chi connectivity index (χ1v) is 7.70. The van der Waals surface area contributed by atoms with Crippen LogP contribution in [-0.2, 0) is 0 Å². The van der Waals surface area contributed by atoms with E-state index in [1.54, 1.807) is 0 Å². The minimum atomic E-state index is 0.0217. The molecule has 0 bridgehead atoms. The van der Waals surface area contributed by atoms with Crippen molar-refractivity contribution in [3.8, 4) is 11.8 Å². The summed E-state index contributed by atoms with van der Waals surface area (Å²) in [5.41, 5.74) is 6.42. The van der Waals surface area contributed by atoms with E-state index < -0.39 is 0 Å². The van der Waals surface area contributed by atoms with E-state index in [-0.39, 0.29) is 5.91 Å². The van der Waals surface area contributed by atoms with Gasteiger partial charge in [0, 0.05) is 6.04 Å². The molecule has 0 saturated carbocycles. The molecule has 0 atom stereocenters. The van der Waals surface area contributed by atoms with Crippen molar-refractivity contribution in [3.05, 3.63) is 21.4 Å². The van der Waals surface area contributed by atoms with Crippen molar-refractivity contribution in [2.75, 3.05) is 26.7 Å². The summed E-state index contributed by atoms with van der Waals surface area (Å²) in [7, 11) is 2.11. The number of nitrogens with zero attached hydrogens (tertiary/aromatic N) is 1. The molecule has 0 aliphatic carbocycles. The lowest BCUT2D eigenvalue weighted by molar-refractivity contribution is 0.0921. The van der Waals surface area contributed by atoms with Crippen molar-refractivity contribution < 1.29 is 4.79 Å². The molecule has 0 aromatic carbocycles. The molecule has 108 valence electrons. The lowest BCUT2D eigenvalue weighted by atomic mass is 10.1. The van der Waals surface area contributed by atoms with E-state index in [0.717, 1.165) is 41.2 Å². The Morgan fingerprint density at radius 1 is 1.55 bits per heavy atom. The molecule has 3 N–H and O–H groups in total. The van der Waals surface area contributed by atoms with Crippen LogP contribution in [0.3, 0.4) is 0 Å². The fourth-order valence-corrected chi connectivity index (χ4v) is 3.21. The molecule has 20 heavy (non-hydrogen) atoms. The zero-order valence-corrected chi connectivity index (χ0v) is 12.8. The Labute approximate surface area is 124 Å². The van der Waals surface area contributed by atoms with Crippen LogP contribution in [0.4, 0.5) is 0 Å². The zero-order chi connectivity index (χ0) is 14.5. The summed E-state index contributed by atoms with van der Waals surface area (Å²) >= 11 is 1.45. The van der Waals surface area contributed by atoms with Crippen LogP contribution in [0.5, 0.6) is 0 Å². The summed E-state index contributed by atoms with van der Waals surface area (Å²) in [4.78, 5) is 16.2. The van der Waals surface area contributed by atoms with Gasteiger partial charge in [0.25, 0.3) is 5.91 Å². The van der Waals surface area contributed by atoms with Crippen molar-refractivity contribution in [1.82, 2.24) is 10.2 Å². The standard InChI is InChI=1S/C15H21N3OS/c1-11-10-14(20-13(11)4-3-7-16)15(19)17-12-5-8-18(2)9-6-12/h10,12H,5-9,16H2,1-2H3,(H,17,19). The minimum Gasteiger partial charge on any atom is -0.349 e. The highest BCUT2D eigenvalue weighted by atomic mass is 32.1. The highest BCUT2D eigenvalue weighted by Crippen LogP contribution is 2.21. The predicted molar refractivity (Wildman–Crippen MR) is 83.0 cm³/mol. The largest absolute Gasteiger partial charge is 0.349 e. The fraction of sp³-hybridized carbons (Fsp3) is 0.533. The molecule has 1 aromatic rings. The monoisotopic (exact) mass is 291 g/mol. The molecule has 1 fully saturated rings. The number of rotatable bonds is 2. The maximum absolute atomic E-state index is 12.2. The average Bonchev–Trinajstić information content (AvgIpc) is 2.80. The van der Waals surface area contributed by atoms with E-state index in [9.17, 15) is 4.79 Å². The normalized spacial score (nSPS) is 16.6. The number of likely N-dealkylation sites (tertiary alicyclic amines) is 1. The van der Waals surface area contributed by atoms with E-state index in [1.165, 1.54) is 11.3 Å². The smallest absolute Gasteiger partial charge is 0.261 e. The van der Waals surface area contributed by atoms with Gasteiger partial charge in [-0.15, -0.1) is 11.3 Å². The number of piperidine rings is 1. The summed E-state index contributed by atoms with van der Waals surface area (Å²) in [6.45, 7) is 4.40. The summed E-state index contributed by atoms with van der Waals surface area (Å²) in [5.74, 6) is 5.87. The number of nitrogens with two attached hydrogens (primary N) is 1. The van der Waals surface area contributed by atoms with Crippen LogP contribution in [0.1, 0.15) is 33.0 Å². The van der Waals surface area contributed by atoms with Crippen molar-refractivity contribution >= 4 is 17.2 Å². The van der Waals surface area contributed by atoms with Gasteiger partial charge >= 0.3 is 0 Å². The van der Waals surface area contributed by atoms with E-state index in [4.69, 9.17) is 5.73 Å². The molecule has 5 heteroatoms. The van der Waals surface area contributed by atoms with Gasteiger partial charge < -0.3 is 16.0 Å². The second-order valence-electron chi connectivity index (χ2n) is 5.18. The van der Waals surface area contributed by atoms with Crippen LogP contribution >= 0.6 is 11.3 Å². The number of carbonyl (C=O) groups excluding carboxylic acids is 1. The van der Waals surface area contributed by atoms with Crippen LogP contribution in [-0.4, -0.2) is 43.5 Å². The molecule has 2 rings (SSSR count). The van der Waals surface area contributed by atoms with Crippen LogP contribution < -0.4 is 11.1 Å². The quantitative estimate of drug-likeness (QED) is 0.805. The molecule has 4 nitrogen and oxygen atoms in total. The molecule has 1 aromatic heterocycles. The van der Waals surface area contributed by atoms with E-state index in [2.05, 4.69) is 29.1 Å². The third kappa shape index (κ3) is 3.83. The third-order valence-corrected chi connectivity index (χ3v) is 4.65. The molecule has 2 heterocycles. The second kappa shape index (κ2) is 6.89. The molecule has 1 saturated heterocycles. The van der Waals surface area contributed by atoms with Gasteiger partial charge in [0.2, 0.25) is 0 Å². The van der Waals surface area contributed by atoms with Crippen molar-refractivity contribution in [2.45, 2.75) is 25.8 Å². The highest BCUT2D eigenvalue weighted by Gasteiger charge is 2.20. The molecule has 1 aliphatic rings. The lowest BCUT2D eigenvalue weighted by Crippen LogP contribution is -2.43. The number of hydrogen-bond donors (Lipinski definition) is 2. The van der Waals surface area contributed by atoms with Crippen molar-refractivity contribution in [2.24, 2.45) is 5.73 Å². The Morgan fingerprint density at radius 2 is 2.25 bits per heavy atom. The van der Waals surface area contributed by atoms with Crippen LogP contribution in [0.2, 0.25) is 0 Å². The Kier molecular flexibility index (Phi) is 5.18. The predicted octanol–water partition coefficient (Wildman–Crippen LogP) is 1.19. The first-order valence-electron chi connectivity index (χ1n) is 6.89. The van der Waals surface area contributed by atoms with Gasteiger partial charge in [-0.2, -0.15) is 0 Å². The Balaban J connectivity index is 1.99. The minimum absolute atomic E-state index is 0.0217. The van der Waals surface area contributed by atoms with Gasteiger partial charge in [-0.05, 0) is 51.5 Å². The molecule has 1 aliphatic heterocycles. The topological polar surface area (TPSA) is 58.4 Å². The number of nitrogens with one attached hydrogen (secondary N) is 1. The van der Waals surface area contributed by atoms with E-state index in [0.29, 0.717) is 12.6 Å². The zero-order valence-electron chi connectivity index (χ0n) is 12.0. The van der Waals surface area contributed by atoms with Crippen LogP contribution in [0.15, 0.2) is 6.07 Å². The number of thiophene rings is 1. The maximum atomic E-state index is 12.2. The highest BCUT2D eigenvalue weighted by molar-refractivity contribution is 7.14. The van der Waals surface area contributed by atoms with Gasteiger partial charge in [0.05, 0.1) is 16.3 Å². The average molecular weight is 291 g/mol. The Morgan fingerprint density at radius 3 is 2.90 bits per heavy atom. The number of aryl methyl sites for hydroxylation is 1. The van der Waals surface area contributed by atoms with Crippen molar-refractivity contribution in [3.63, 3.8) is 0 Å². The van der Waals surface area contributed by atoms with Crippen molar-refractivity contribution in [1.29, 1.82) is 0 Å². The van der Waals surface area contributed by atoms with Gasteiger partial charge in [-0.1, -0.05) is 11.8 Å². The molecule has 0 radical (unpaired) electrons. The summed E-state index contributed by atoms with van der Waals surface area (Å²) < 4.78 is 0. The number of amides is 1. The molecule has 0 spiro atoms. The fourth-order valence-electron chi connectivity index (χ4n) is 2.26. The summed E-state index contributed by atoms with van der Waals surface area (Å²) in [6, 6.07) is 2.20. The Hall–Kier alpha value is -1.35. The first-order chi connectivity index (χ1) is 9.60. The maximum Gasteiger partial charge on any atom is 0.261 e. The van der Waals surface area contributed by atoms with E-state index >= 15 is 0 Å². The molecule has 1 amide bonds. The van der Waals surface area contributed by atoms with Crippen LogP contribution in [0, 0.1) is 18.8 Å². The van der Waals surface area contributed by atoms with Gasteiger partial charge in [-0.25, -0.2) is 0 Å². The number of hydrogen-bond acceptors (Lipinski definition) is 4. The molecule has 0 unspecified atom stereocenters. The summed E-state index contributed by atoms with van der Waals surface area (Å²) in [6.07, 6.45) is 2.04. The number of carbonyl (C=O) groups is 1. The third-order valence-electron chi connectivity index (χ3n) is 3.50. The van der Waals surface area contributed by atoms with Gasteiger partial charge in [-0.3, -0.25) is 4.79 Å². The first kappa shape index (κ1) is 15.0. The van der Waals surface area contributed by atoms with Gasteiger partial charge in [0.15, 0.2) is 0 Å².